The van der Waals surface area contributed by atoms with Crippen LogP contribution in [0.3, 0.4) is 0 Å². The molecule has 0 unspecified atom stereocenters. The summed E-state index contributed by atoms with van der Waals surface area (Å²) in [5.74, 6) is -1.89. The van der Waals surface area contributed by atoms with Gasteiger partial charge < -0.3 is 9.47 Å². The Bertz CT molecular complexity index is 1340. The van der Waals surface area contributed by atoms with E-state index < -0.39 is 36.0 Å². The van der Waals surface area contributed by atoms with Crippen LogP contribution in [-0.4, -0.2) is 6.86 Å². The van der Waals surface area contributed by atoms with E-state index in [9.17, 15) is 8.78 Å². The fraction of sp³-hybridized carbons (Fsp3) is 0.486. The summed E-state index contributed by atoms with van der Waals surface area (Å²) in [5.41, 5.74) is -0.160. The highest BCUT2D eigenvalue weighted by Gasteiger charge is 2.42. The van der Waals surface area contributed by atoms with Gasteiger partial charge in [0.25, 0.3) is 0 Å². The van der Waals surface area contributed by atoms with Crippen molar-refractivity contribution in [2.75, 3.05) is 6.86 Å². The van der Waals surface area contributed by atoms with Gasteiger partial charge in [0.05, 0.1) is 0 Å². The molecule has 2 saturated carbocycles. The fourth-order valence-electron chi connectivity index (χ4n) is 7.16. The standard InChI is InChI=1S/C35H38F6O2/c1-2-3-22-4-6-23(7-5-22)24-8-10-26(11-9-24)28-19-31(38)34(32(39)20-28)35(40,41)43-29-15-12-25(13-16-29)27-14-17-33(42-21-36)30(37)18-27/h12-20,22-24,26H,2-11,21H2,1H3. The first-order valence-electron chi connectivity index (χ1n) is 15.3. The van der Waals surface area contributed by atoms with Crippen molar-refractivity contribution >= 4 is 0 Å². The van der Waals surface area contributed by atoms with Crippen molar-refractivity contribution in [3.63, 3.8) is 0 Å². The van der Waals surface area contributed by atoms with E-state index >= 15 is 17.6 Å². The Morgan fingerprint density at radius 2 is 1.30 bits per heavy atom. The van der Waals surface area contributed by atoms with Gasteiger partial charge in [-0.05, 0) is 115 Å². The van der Waals surface area contributed by atoms with E-state index in [4.69, 9.17) is 4.74 Å². The molecule has 0 atom stereocenters. The third-order valence-electron chi connectivity index (χ3n) is 9.43. The first kappa shape index (κ1) is 31.3. The maximum atomic E-state index is 15.1. The summed E-state index contributed by atoms with van der Waals surface area (Å²) in [4.78, 5) is 0. The lowest BCUT2D eigenvalue weighted by atomic mass is 9.68. The number of hydrogen-bond donors (Lipinski definition) is 0. The smallest absolute Gasteiger partial charge is 0.432 e. The second-order valence-electron chi connectivity index (χ2n) is 12.1. The number of alkyl halides is 3. The van der Waals surface area contributed by atoms with Crippen LogP contribution in [0.1, 0.15) is 88.2 Å². The van der Waals surface area contributed by atoms with Gasteiger partial charge >= 0.3 is 6.11 Å². The lowest BCUT2D eigenvalue weighted by Crippen LogP contribution is -2.26. The Morgan fingerprint density at radius 1 is 0.721 bits per heavy atom. The van der Waals surface area contributed by atoms with Crippen LogP contribution in [0.25, 0.3) is 11.1 Å². The van der Waals surface area contributed by atoms with Crippen LogP contribution in [0.4, 0.5) is 26.3 Å². The second kappa shape index (κ2) is 13.6. The average molecular weight is 605 g/mol. The highest BCUT2D eigenvalue weighted by atomic mass is 19.3. The molecule has 0 bridgehead atoms. The van der Waals surface area contributed by atoms with E-state index in [1.165, 1.54) is 74.9 Å². The molecule has 5 rings (SSSR count). The number of halogens is 6. The van der Waals surface area contributed by atoms with Crippen LogP contribution >= 0.6 is 0 Å². The number of hydrogen-bond acceptors (Lipinski definition) is 2. The topological polar surface area (TPSA) is 18.5 Å². The van der Waals surface area contributed by atoms with Crippen LogP contribution in [0, 0.1) is 35.2 Å². The fourth-order valence-corrected chi connectivity index (χ4v) is 7.16. The Morgan fingerprint density at radius 3 is 1.86 bits per heavy atom. The van der Waals surface area contributed by atoms with Crippen molar-refractivity contribution in [2.24, 2.45) is 17.8 Å². The van der Waals surface area contributed by atoms with Gasteiger partial charge in [-0.3, -0.25) is 0 Å². The minimum absolute atomic E-state index is 0.0600. The predicted octanol–water partition coefficient (Wildman–Crippen LogP) is 11.1. The summed E-state index contributed by atoms with van der Waals surface area (Å²) >= 11 is 0. The van der Waals surface area contributed by atoms with Crippen LogP contribution in [-0.2, 0) is 6.11 Å². The Kier molecular flexibility index (Phi) is 9.92. The maximum absolute atomic E-state index is 15.1. The molecule has 0 radical (unpaired) electrons. The van der Waals surface area contributed by atoms with Gasteiger partial charge in [-0.2, -0.15) is 8.78 Å². The van der Waals surface area contributed by atoms with Crippen molar-refractivity contribution in [1.82, 2.24) is 0 Å². The summed E-state index contributed by atoms with van der Waals surface area (Å²) in [6.45, 7) is 1.06. The lowest BCUT2D eigenvalue weighted by molar-refractivity contribution is -0.189. The van der Waals surface area contributed by atoms with Crippen LogP contribution in [0.2, 0.25) is 0 Å². The molecular weight excluding hydrogens is 566 g/mol. The molecule has 0 amide bonds. The molecule has 232 valence electrons. The minimum Gasteiger partial charge on any atom is -0.460 e. The molecule has 2 nitrogen and oxygen atoms in total. The molecule has 2 aliphatic rings. The molecule has 0 N–H and O–H groups in total. The quantitative estimate of drug-likeness (QED) is 0.214. The molecule has 0 spiro atoms. The van der Waals surface area contributed by atoms with E-state index in [-0.39, 0.29) is 17.4 Å². The van der Waals surface area contributed by atoms with Gasteiger partial charge in [0.1, 0.15) is 22.9 Å². The van der Waals surface area contributed by atoms with Gasteiger partial charge in [-0.1, -0.05) is 50.8 Å². The van der Waals surface area contributed by atoms with Gasteiger partial charge in [0.15, 0.2) is 11.6 Å². The zero-order valence-corrected chi connectivity index (χ0v) is 24.4. The van der Waals surface area contributed by atoms with Crippen LogP contribution in [0.5, 0.6) is 11.5 Å². The van der Waals surface area contributed by atoms with E-state index in [0.29, 0.717) is 22.6 Å². The lowest BCUT2D eigenvalue weighted by Gasteiger charge is -2.38. The SMILES string of the molecule is CCCC1CCC(C2CCC(c3cc(F)c(C(F)(F)Oc4ccc(-c5ccc(OCF)c(F)c5)cc4)c(F)c3)CC2)CC1. The van der Waals surface area contributed by atoms with Crippen molar-refractivity contribution in [1.29, 1.82) is 0 Å². The molecule has 0 heterocycles. The molecular formula is C35H38F6O2. The molecule has 3 aromatic rings. The summed E-state index contributed by atoms with van der Waals surface area (Å²) in [6.07, 6.45) is 6.98. The minimum atomic E-state index is -4.26. The normalized spacial score (nSPS) is 22.8. The summed E-state index contributed by atoms with van der Waals surface area (Å²) in [7, 11) is 0. The monoisotopic (exact) mass is 604 g/mol. The molecule has 2 aliphatic carbocycles. The first-order valence-corrected chi connectivity index (χ1v) is 15.3. The summed E-state index contributed by atoms with van der Waals surface area (Å²) in [6, 6.07) is 11.1. The highest BCUT2D eigenvalue weighted by molar-refractivity contribution is 5.65. The van der Waals surface area contributed by atoms with Crippen molar-refractivity contribution in [3.05, 3.63) is 83.2 Å². The van der Waals surface area contributed by atoms with Gasteiger partial charge in [-0.25, -0.2) is 17.6 Å². The molecule has 2 fully saturated rings. The van der Waals surface area contributed by atoms with E-state index in [1.807, 2.05) is 0 Å². The Balaban J connectivity index is 1.21. The number of benzene rings is 3. The first-order chi connectivity index (χ1) is 20.7. The average Bonchev–Trinajstić information content (AvgIpc) is 2.99. The zero-order valence-electron chi connectivity index (χ0n) is 24.4. The molecule has 3 aromatic carbocycles. The highest BCUT2D eigenvalue weighted by Crippen LogP contribution is 2.45. The maximum Gasteiger partial charge on any atom is 0.432 e. The molecule has 0 saturated heterocycles. The molecule has 43 heavy (non-hydrogen) atoms. The number of ether oxygens (including phenoxy) is 2. The van der Waals surface area contributed by atoms with Gasteiger partial charge in [0, 0.05) is 0 Å². The third-order valence-corrected chi connectivity index (χ3v) is 9.43. The summed E-state index contributed by atoms with van der Waals surface area (Å²) < 4.78 is 96.0. The van der Waals surface area contributed by atoms with Crippen LogP contribution < -0.4 is 9.47 Å². The predicted molar refractivity (Wildman–Crippen MR) is 154 cm³/mol. The Labute approximate surface area is 249 Å². The largest absolute Gasteiger partial charge is 0.460 e. The van der Waals surface area contributed by atoms with Crippen molar-refractivity contribution in [3.8, 4) is 22.6 Å². The van der Waals surface area contributed by atoms with Gasteiger partial charge in [0.2, 0.25) is 6.86 Å². The van der Waals surface area contributed by atoms with Gasteiger partial charge in [-0.15, -0.1) is 0 Å². The molecule has 8 heteroatoms. The van der Waals surface area contributed by atoms with Crippen molar-refractivity contribution in [2.45, 2.75) is 83.2 Å². The molecule has 0 aromatic heterocycles. The Hall–Kier alpha value is -3.16. The van der Waals surface area contributed by atoms with E-state index in [0.717, 1.165) is 55.7 Å². The van der Waals surface area contributed by atoms with Crippen molar-refractivity contribution < 1.29 is 35.8 Å². The van der Waals surface area contributed by atoms with Crippen LogP contribution in [0.15, 0.2) is 54.6 Å². The number of rotatable bonds is 10. The third kappa shape index (κ3) is 7.32. The second-order valence-corrected chi connectivity index (χ2v) is 12.1. The zero-order chi connectivity index (χ0) is 30.6. The van der Waals surface area contributed by atoms with E-state index in [1.54, 1.807) is 0 Å². The summed E-state index contributed by atoms with van der Waals surface area (Å²) in [5, 5.41) is 0. The molecule has 0 aliphatic heterocycles. The van der Waals surface area contributed by atoms with E-state index in [2.05, 4.69) is 11.7 Å².